The van der Waals surface area contributed by atoms with E-state index in [1.807, 2.05) is 12.4 Å². The molecule has 2 rings (SSSR count). The van der Waals surface area contributed by atoms with Gasteiger partial charge in [-0.25, -0.2) is 4.98 Å². The van der Waals surface area contributed by atoms with Crippen LogP contribution in [-0.4, -0.2) is 27.0 Å². The Balaban J connectivity index is 1.81. The summed E-state index contributed by atoms with van der Waals surface area (Å²) < 4.78 is 0. The Bertz CT molecular complexity index is 284. The number of thioether (sulfide) groups is 1. The molecule has 0 saturated heterocycles. The SMILES string of the molecule is CCS[C@@H]1CCCC[C@H]1NCc1ncc[nH]1. The second-order valence-corrected chi connectivity index (χ2v) is 5.82. The molecule has 0 unspecified atom stereocenters. The highest BCUT2D eigenvalue weighted by molar-refractivity contribution is 7.99. The van der Waals surface area contributed by atoms with Crippen molar-refractivity contribution in [3.8, 4) is 0 Å². The van der Waals surface area contributed by atoms with Crippen molar-refractivity contribution in [2.24, 2.45) is 0 Å². The zero-order chi connectivity index (χ0) is 11.2. The Morgan fingerprint density at radius 3 is 3.12 bits per heavy atom. The molecule has 0 spiro atoms. The van der Waals surface area contributed by atoms with Crippen LogP contribution < -0.4 is 5.32 Å². The lowest BCUT2D eigenvalue weighted by Crippen LogP contribution is -2.40. The molecule has 1 aliphatic carbocycles. The molecule has 0 aliphatic heterocycles. The van der Waals surface area contributed by atoms with Gasteiger partial charge in [0.05, 0.1) is 6.54 Å². The normalized spacial score (nSPS) is 25.8. The number of H-pyrrole nitrogens is 1. The summed E-state index contributed by atoms with van der Waals surface area (Å²) in [5.74, 6) is 2.27. The minimum Gasteiger partial charge on any atom is -0.348 e. The van der Waals surface area contributed by atoms with Gasteiger partial charge in [-0.2, -0.15) is 11.8 Å². The van der Waals surface area contributed by atoms with Crippen LogP contribution in [0.1, 0.15) is 38.4 Å². The molecule has 1 aromatic rings. The lowest BCUT2D eigenvalue weighted by atomic mass is 9.95. The zero-order valence-corrected chi connectivity index (χ0v) is 10.7. The first-order valence-corrected chi connectivity index (χ1v) is 7.28. The van der Waals surface area contributed by atoms with Gasteiger partial charge in [-0.3, -0.25) is 0 Å². The van der Waals surface area contributed by atoms with Crippen molar-refractivity contribution in [2.75, 3.05) is 5.75 Å². The third kappa shape index (κ3) is 3.25. The maximum absolute atomic E-state index is 4.25. The highest BCUT2D eigenvalue weighted by Gasteiger charge is 2.24. The first-order chi connectivity index (χ1) is 7.90. The van der Waals surface area contributed by atoms with Gasteiger partial charge < -0.3 is 10.3 Å². The largest absolute Gasteiger partial charge is 0.348 e. The van der Waals surface area contributed by atoms with Gasteiger partial charge in [-0.15, -0.1) is 0 Å². The number of aromatic nitrogens is 2. The van der Waals surface area contributed by atoms with Crippen LogP contribution in [-0.2, 0) is 6.54 Å². The van der Waals surface area contributed by atoms with Gasteiger partial charge in [0, 0.05) is 23.7 Å². The highest BCUT2D eigenvalue weighted by Crippen LogP contribution is 2.28. The third-order valence-corrected chi connectivity index (χ3v) is 4.50. The number of nitrogens with zero attached hydrogens (tertiary/aromatic N) is 1. The Morgan fingerprint density at radius 1 is 1.50 bits per heavy atom. The van der Waals surface area contributed by atoms with Gasteiger partial charge in [0.25, 0.3) is 0 Å². The van der Waals surface area contributed by atoms with Crippen LogP contribution in [0, 0.1) is 0 Å². The molecule has 1 fully saturated rings. The number of rotatable bonds is 5. The van der Waals surface area contributed by atoms with E-state index in [-0.39, 0.29) is 0 Å². The van der Waals surface area contributed by atoms with E-state index in [2.05, 4.69) is 34.0 Å². The van der Waals surface area contributed by atoms with Gasteiger partial charge in [-0.1, -0.05) is 19.8 Å². The van der Waals surface area contributed by atoms with Crippen LogP contribution in [0.4, 0.5) is 0 Å². The fourth-order valence-corrected chi connectivity index (χ4v) is 3.59. The molecule has 0 amide bonds. The Kier molecular flexibility index (Phi) is 4.72. The first kappa shape index (κ1) is 12.0. The highest BCUT2D eigenvalue weighted by atomic mass is 32.2. The molecule has 90 valence electrons. The van der Waals surface area contributed by atoms with E-state index in [0.717, 1.165) is 17.6 Å². The number of hydrogen-bond donors (Lipinski definition) is 2. The smallest absolute Gasteiger partial charge is 0.120 e. The Labute approximate surface area is 102 Å². The molecule has 0 bridgehead atoms. The molecule has 2 N–H and O–H groups in total. The fraction of sp³-hybridized carbons (Fsp3) is 0.750. The van der Waals surface area contributed by atoms with Crippen molar-refractivity contribution in [1.29, 1.82) is 0 Å². The quantitative estimate of drug-likeness (QED) is 0.829. The molecule has 0 radical (unpaired) electrons. The van der Waals surface area contributed by atoms with E-state index in [4.69, 9.17) is 0 Å². The molecule has 2 atom stereocenters. The van der Waals surface area contributed by atoms with E-state index in [1.165, 1.54) is 31.4 Å². The molecule has 16 heavy (non-hydrogen) atoms. The zero-order valence-electron chi connectivity index (χ0n) is 9.91. The van der Waals surface area contributed by atoms with Crippen LogP contribution in [0.3, 0.4) is 0 Å². The van der Waals surface area contributed by atoms with Crippen LogP contribution in [0.25, 0.3) is 0 Å². The van der Waals surface area contributed by atoms with E-state index >= 15 is 0 Å². The predicted octanol–water partition coefficient (Wildman–Crippen LogP) is 2.56. The average Bonchev–Trinajstić information content (AvgIpc) is 2.81. The van der Waals surface area contributed by atoms with Gasteiger partial charge in [0.15, 0.2) is 0 Å². The molecule has 1 saturated carbocycles. The molecule has 4 heteroatoms. The second-order valence-electron chi connectivity index (χ2n) is 4.30. The molecule has 1 heterocycles. The summed E-state index contributed by atoms with van der Waals surface area (Å²) in [6, 6.07) is 0.670. The van der Waals surface area contributed by atoms with E-state index in [1.54, 1.807) is 0 Å². The van der Waals surface area contributed by atoms with E-state index in [0.29, 0.717) is 6.04 Å². The summed E-state index contributed by atoms with van der Waals surface area (Å²) in [6.45, 7) is 3.13. The van der Waals surface area contributed by atoms with E-state index in [9.17, 15) is 0 Å². The molecule has 1 aromatic heterocycles. The molecule has 3 nitrogen and oxygen atoms in total. The van der Waals surface area contributed by atoms with Crippen molar-refractivity contribution < 1.29 is 0 Å². The summed E-state index contributed by atoms with van der Waals surface area (Å²) in [7, 11) is 0. The van der Waals surface area contributed by atoms with E-state index < -0.39 is 0 Å². The van der Waals surface area contributed by atoms with Crippen molar-refractivity contribution >= 4 is 11.8 Å². The number of nitrogens with one attached hydrogen (secondary N) is 2. The summed E-state index contributed by atoms with van der Waals surface area (Å²) in [4.78, 5) is 7.39. The lowest BCUT2D eigenvalue weighted by Gasteiger charge is -2.31. The minimum atomic E-state index is 0.670. The van der Waals surface area contributed by atoms with Crippen molar-refractivity contribution in [2.45, 2.75) is 50.4 Å². The van der Waals surface area contributed by atoms with Gasteiger partial charge in [0.1, 0.15) is 5.82 Å². The van der Waals surface area contributed by atoms with Crippen molar-refractivity contribution in [3.05, 3.63) is 18.2 Å². The fourth-order valence-electron chi connectivity index (χ4n) is 2.37. The maximum atomic E-state index is 4.25. The number of imidazole rings is 1. The molecular weight excluding hydrogens is 218 g/mol. The lowest BCUT2D eigenvalue weighted by molar-refractivity contribution is 0.380. The van der Waals surface area contributed by atoms with Gasteiger partial charge in [0.2, 0.25) is 0 Å². The third-order valence-electron chi connectivity index (χ3n) is 3.17. The summed E-state index contributed by atoms with van der Waals surface area (Å²) in [5.41, 5.74) is 0. The van der Waals surface area contributed by atoms with Crippen LogP contribution in [0.15, 0.2) is 12.4 Å². The number of hydrogen-bond acceptors (Lipinski definition) is 3. The van der Waals surface area contributed by atoms with Gasteiger partial charge >= 0.3 is 0 Å². The Morgan fingerprint density at radius 2 is 2.38 bits per heavy atom. The molecule has 1 aliphatic rings. The summed E-state index contributed by atoms with van der Waals surface area (Å²) in [5, 5.41) is 4.44. The predicted molar refractivity (Wildman–Crippen MR) is 69.6 cm³/mol. The Hall–Kier alpha value is -0.480. The number of aromatic amines is 1. The first-order valence-electron chi connectivity index (χ1n) is 6.23. The molecule has 0 aromatic carbocycles. The summed E-state index contributed by atoms with van der Waals surface area (Å²) >= 11 is 2.10. The van der Waals surface area contributed by atoms with Crippen LogP contribution >= 0.6 is 11.8 Å². The van der Waals surface area contributed by atoms with Crippen molar-refractivity contribution in [3.63, 3.8) is 0 Å². The second kappa shape index (κ2) is 6.30. The minimum absolute atomic E-state index is 0.670. The van der Waals surface area contributed by atoms with Crippen LogP contribution in [0.5, 0.6) is 0 Å². The maximum Gasteiger partial charge on any atom is 0.120 e. The van der Waals surface area contributed by atoms with Gasteiger partial charge in [-0.05, 0) is 18.6 Å². The molecular formula is C12H21N3S. The van der Waals surface area contributed by atoms with Crippen LogP contribution in [0.2, 0.25) is 0 Å². The monoisotopic (exact) mass is 239 g/mol. The standard InChI is InChI=1S/C12H21N3S/c1-2-16-11-6-4-3-5-10(11)15-9-12-13-7-8-14-12/h7-8,10-11,15H,2-6,9H2,1H3,(H,13,14)/t10-,11-/m1/s1. The summed E-state index contributed by atoms with van der Waals surface area (Å²) in [6.07, 6.45) is 9.16. The average molecular weight is 239 g/mol. The van der Waals surface area contributed by atoms with Crippen molar-refractivity contribution in [1.82, 2.24) is 15.3 Å². The topological polar surface area (TPSA) is 40.7 Å².